The molecule has 2 aliphatic heterocycles. The second-order valence-electron chi connectivity index (χ2n) is 9.79. The second kappa shape index (κ2) is 8.89. The molecule has 0 saturated heterocycles. The maximum Gasteiger partial charge on any atom is 0.316 e. The van der Waals surface area contributed by atoms with E-state index in [1.165, 1.54) is 25.3 Å². The zero-order valence-corrected chi connectivity index (χ0v) is 20.6. The van der Waals surface area contributed by atoms with E-state index in [0.717, 1.165) is 0 Å². The lowest BCUT2D eigenvalue weighted by Gasteiger charge is -2.25. The van der Waals surface area contributed by atoms with Gasteiger partial charge in [-0.15, -0.1) is 0 Å². The summed E-state index contributed by atoms with van der Waals surface area (Å²) in [6.07, 6.45) is -0.0285. The lowest BCUT2D eigenvalue weighted by Crippen LogP contribution is -2.35. The molecule has 10 heteroatoms. The Hall–Kier alpha value is -3.89. The maximum absolute atomic E-state index is 13.5. The molecule has 0 amide bonds. The molecule has 0 spiro atoms. The number of aromatic nitrogens is 2. The molecule has 3 aromatic rings. The smallest absolute Gasteiger partial charge is 0.316 e. The number of rotatable bonds is 7. The van der Waals surface area contributed by atoms with Crippen LogP contribution in [0.1, 0.15) is 54.0 Å². The molecule has 0 saturated carbocycles. The van der Waals surface area contributed by atoms with E-state index in [0.29, 0.717) is 33.8 Å². The molecule has 0 aliphatic carbocycles. The van der Waals surface area contributed by atoms with Crippen LogP contribution >= 0.6 is 0 Å². The molecule has 4 heterocycles. The molecule has 5 rings (SSSR count). The predicted molar refractivity (Wildman–Crippen MR) is 130 cm³/mol. The lowest BCUT2D eigenvalue weighted by molar-refractivity contribution is -0.131. The number of nitrogens with two attached hydrogens (primary N) is 1. The summed E-state index contributed by atoms with van der Waals surface area (Å²) in [5, 5.41) is 11.4. The highest BCUT2D eigenvalue weighted by Gasteiger charge is 2.38. The Balaban J connectivity index is 1.44. The number of Topliss-reactive ketones (excluding diaryl/α,β-unsaturated/α-hetero) is 1. The van der Waals surface area contributed by atoms with Crippen molar-refractivity contribution in [3.8, 4) is 28.6 Å². The predicted octanol–water partition coefficient (Wildman–Crippen LogP) is 3.19. The zero-order valence-electron chi connectivity index (χ0n) is 20.6. The topological polar surface area (TPSA) is 134 Å². The summed E-state index contributed by atoms with van der Waals surface area (Å²) in [6.45, 7) is 3.60. The summed E-state index contributed by atoms with van der Waals surface area (Å²) < 4.78 is 29.8. The van der Waals surface area contributed by atoms with E-state index >= 15 is 0 Å². The molecule has 3 N–H and O–H groups in total. The van der Waals surface area contributed by atoms with Gasteiger partial charge < -0.3 is 25.1 Å². The van der Waals surface area contributed by atoms with Crippen LogP contribution in [0.3, 0.4) is 0 Å². The first kappa shape index (κ1) is 24.8. The molecular formula is C27H26FN3O6. The van der Waals surface area contributed by atoms with Crippen LogP contribution in [0.25, 0.3) is 11.3 Å². The number of halogens is 1. The van der Waals surface area contributed by atoms with Gasteiger partial charge in [0, 0.05) is 23.6 Å². The average Bonchev–Trinajstić information content (AvgIpc) is 3.40. The normalized spacial score (nSPS) is 19.5. The summed E-state index contributed by atoms with van der Waals surface area (Å²) in [4.78, 5) is 33.6. The number of carbonyl (C=O) groups is 2. The van der Waals surface area contributed by atoms with Crippen LogP contribution in [-0.2, 0) is 22.4 Å². The summed E-state index contributed by atoms with van der Waals surface area (Å²) in [6, 6.07) is 8.90. The number of aliphatic hydroxyl groups is 1. The summed E-state index contributed by atoms with van der Waals surface area (Å²) in [5.41, 5.74) is 6.67. The molecule has 0 fully saturated rings. The van der Waals surface area contributed by atoms with Crippen LogP contribution in [0.5, 0.6) is 17.4 Å². The van der Waals surface area contributed by atoms with E-state index in [9.17, 15) is 19.1 Å². The fourth-order valence-corrected chi connectivity index (χ4v) is 4.49. The van der Waals surface area contributed by atoms with E-state index in [2.05, 4.69) is 9.97 Å². The van der Waals surface area contributed by atoms with E-state index in [4.69, 9.17) is 19.9 Å². The molecular weight excluding hydrogens is 481 g/mol. The van der Waals surface area contributed by atoms with Gasteiger partial charge in [-0.1, -0.05) is 0 Å². The fourth-order valence-electron chi connectivity index (χ4n) is 4.49. The molecule has 37 heavy (non-hydrogen) atoms. The van der Waals surface area contributed by atoms with Gasteiger partial charge in [0.1, 0.15) is 35.2 Å². The number of ether oxygens (including phenoxy) is 3. The molecule has 192 valence electrons. The van der Waals surface area contributed by atoms with E-state index in [1.807, 2.05) is 6.92 Å². The van der Waals surface area contributed by atoms with Gasteiger partial charge in [0.05, 0.1) is 30.3 Å². The number of methoxy groups -OCH3 is 1. The van der Waals surface area contributed by atoms with Crippen LogP contribution in [-0.4, -0.2) is 40.5 Å². The van der Waals surface area contributed by atoms with Gasteiger partial charge in [-0.3, -0.25) is 9.59 Å². The van der Waals surface area contributed by atoms with E-state index in [-0.39, 0.29) is 49.0 Å². The van der Waals surface area contributed by atoms with Crippen LogP contribution in [0, 0.1) is 5.82 Å². The standard InChI is InChI=1S/C27H26FN3O6/c1-26(29)13-36-24-17(26)11-21(31-23(24)14-4-6-15(28)7-5-14)27(2,34)9-8-19(32)18-12-20-16(10-22(33)37-20)25(30-18)35-3/h4-7,11-12,34H,8-10,13,29H2,1-3H3. The molecule has 2 atom stereocenters. The highest BCUT2D eigenvalue weighted by atomic mass is 19.1. The molecule has 2 aromatic heterocycles. The van der Waals surface area contributed by atoms with Crippen molar-refractivity contribution in [2.75, 3.05) is 13.7 Å². The minimum atomic E-state index is -1.52. The average molecular weight is 508 g/mol. The van der Waals surface area contributed by atoms with Crippen molar-refractivity contribution in [2.24, 2.45) is 5.73 Å². The van der Waals surface area contributed by atoms with Crippen LogP contribution < -0.4 is 19.9 Å². The van der Waals surface area contributed by atoms with Gasteiger partial charge in [-0.2, -0.15) is 0 Å². The van der Waals surface area contributed by atoms with Crippen LogP contribution in [0.15, 0.2) is 36.4 Å². The Labute approximate surface area is 212 Å². The minimum absolute atomic E-state index is 0.0173. The van der Waals surface area contributed by atoms with Crippen molar-refractivity contribution < 1.29 is 33.3 Å². The van der Waals surface area contributed by atoms with Gasteiger partial charge in [-0.05, 0) is 50.6 Å². The Bertz CT molecular complexity index is 1420. The first-order valence-corrected chi connectivity index (χ1v) is 11.8. The Morgan fingerprint density at radius 1 is 1.27 bits per heavy atom. The highest BCUT2D eigenvalue weighted by molar-refractivity contribution is 5.96. The van der Waals surface area contributed by atoms with Gasteiger partial charge >= 0.3 is 5.97 Å². The number of nitrogens with zero attached hydrogens (tertiary/aromatic N) is 2. The third-order valence-corrected chi connectivity index (χ3v) is 6.68. The van der Waals surface area contributed by atoms with Gasteiger partial charge in [-0.25, -0.2) is 14.4 Å². The van der Waals surface area contributed by atoms with Crippen molar-refractivity contribution in [1.82, 2.24) is 9.97 Å². The SMILES string of the molecule is COc1nc(C(=O)CCC(C)(O)c2cc3c(c(-c4ccc(F)cc4)n2)OCC3(C)N)cc2c1CC(=O)O2. The Kier molecular flexibility index (Phi) is 5.96. The maximum atomic E-state index is 13.5. The van der Waals surface area contributed by atoms with Crippen molar-refractivity contribution in [3.63, 3.8) is 0 Å². The van der Waals surface area contributed by atoms with Gasteiger partial charge in [0.25, 0.3) is 0 Å². The molecule has 9 nitrogen and oxygen atoms in total. The van der Waals surface area contributed by atoms with Crippen molar-refractivity contribution in [2.45, 2.75) is 44.2 Å². The second-order valence-corrected chi connectivity index (χ2v) is 9.79. The zero-order chi connectivity index (χ0) is 26.5. The van der Waals surface area contributed by atoms with E-state index < -0.39 is 22.9 Å². The molecule has 0 radical (unpaired) electrons. The van der Waals surface area contributed by atoms with Gasteiger partial charge in [0.15, 0.2) is 11.5 Å². The quantitative estimate of drug-likeness (QED) is 0.365. The first-order valence-electron chi connectivity index (χ1n) is 11.8. The Morgan fingerprint density at radius 3 is 2.70 bits per heavy atom. The number of ketones is 1. The molecule has 1 aromatic carbocycles. The number of carbonyl (C=O) groups excluding carboxylic acids is 2. The van der Waals surface area contributed by atoms with Crippen molar-refractivity contribution in [1.29, 1.82) is 0 Å². The lowest BCUT2D eigenvalue weighted by atomic mass is 9.88. The van der Waals surface area contributed by atoms with Crippen LogP contribution in [0.4, 0.5) is 4.39 Å². The monoisotopic (exact) mass is 507 g/mol. The van der Waals surface area contributed by atoms with Crippen LogP contribution in [0.2, 0.25) is 0 Å². The number of hydrogen-bond donors (Lipinski definition) is 2. The molecule has 2 unspecified atom stereocenters. The third kappa shape index (κ3) is 4.54. The third-order valence-electron chi connectivity index (χ3n) is 6.68. The number of fused-ring (bicyclic) bond motifs is 2. The van der Waals surface area contributed by atoms with Crippen molar-refractivity contribution >= 4 is 11.8 Å². The fraction of sp³-hybridized carbons (Fsp3) is 0.333. The van der Waals surface area contributed by atoms with E-state index in [1.54, 1.807) is 25.1 Å². The minimum Gasteiger partial charge on any atom is -0.489 e. The van der Waals surface area contributed by atoms with Gasteiger partial charge in [0.2, 0.25) is 5.88 Å². The largest absolute Gasteiger partial charge is 0.489 e. The number of esters is 1. The van der Waals surface area contributed by atoms with Crippen molar-refractivity contribution in [3.05, 3.63) is 64.7 Å². The molecule has 2 aliphatic rings. The summed E-state index contributed by atoms with van der Waals surface area (Å²) in [7, 11) is 1.40. The number of pyridine rings is 2. The number of hydrogen-bond acceptors (Lipinski definition) is 9. The Morgan fingerprint density at radius 2 is 2.00 bits per heavy atom. The summed E-state index contributed by atoms with van der Waals surface area (Å²) in [5.74, 6) is -0.313. The molecule has 0 bridgehead atoms. The first-order chi connectivity index (χ1) is 17.5. The number of benzene rings is 1. The summed E-state index contributed by atoms with van der Waals surface area (Å²) >= 11 is 0. The highest BCUT2D eigenvalue weighted by Crippen LogP contribution is 2.44.